The molecule has 0 aromatic heterocycles. The second-order valence-corrected chi connectivity index (χ2v) is 8.52. The Bertz CT molecular complexity index is 1390. The van der Waals surface area contributed by atoms with E-state index in [2.05, 4.69) is 17.4 Å². The van der Waals surface area contributed by atoms with Gasteiger partial charge in [0.1, 0.15) is 28.9 Å². The highest BCUT2D eigenvalue weighted by molar-refractivity contribution is 6.01. The summed E-state index contributed by atoms with van der Waals surface area (Å²) in [6, 6.07) is 34.8. The van der Waals surface area contributed by atoms with E-state index < -0.39 is 5.91 Å². The quantitative estimate of drug-likeness (QED) is 0.201. The van der Waals surface area contributed by atoms with Crippen molar-refractivity contribution in [3.8, 4) is 23.3 Å². The molecule has 1 amide bonds. The lowest BCUT2D eigenvalue weighted by Crippen LogP contribution is -2.23. The normalized spacial score (nSPS) is 10.9. The van der Waals surface area contributed by atoms with Crippen LogP contribution in [0.25, 0.3) is 6.08 Å². The number of rotatable bonds is 10. The minimum absolute atomic E-state index is 0.0428. The molecule has 4 rings (SSSR count). The van der Waals surface area contributed by atoms with Gasteiger partial charge in [-0.05, 0) is 71.7 Å². The predicted octanol–water partition coefficient (Wildman–Crippen LogP) is 6.63. The Balaban J connectivity index is 1.31. The summed E-state index contributed by atoms with van der Waals surface area (Å²) < 4.78 is 11.7. The third kappa shape index (κ3) is 7.58. The number of nitrogens with one attached hydrogen (secondary N) is 1. The molecular weight excluding hydrogens is 460 g/mol. The van der Waals surface area contributed by atoms with E-state index in [1.54, 1.807) is 6.08 Å². The van der Waals surface area contributed by atoms with E-state index in [4.69, 9.17) is 9.47 Å². The lowest BCUT2D eigenvalue weighted by Gasteiger charge is -2.10. The topological polar surface area (TPSA) is 71.4 Å². The van der Waals surface area contributed by atoms with Gasteiger partial charge in [-0.15, -0.1) is 0 Å². The predicted molar refractivity (Wildman–Crippen MR) is 145 cm³/mol. The lowest BCUT2D eigenvalue weighted by atomic mass is 10.1. The van der Waals surface area contributed by atoms with Crippen LogP contribution < -0.4 is 14.8 Å². The zero-order valence-corrected chi connectivity index (χ0v) is 20.7. The number of benzene rings is 4. The van der Waals surface area contributed by atoms with Gasteiger partial charge in [0, 0.05) is 13.0 Å². The average Bonchev–Trinajstić information content (AvgIpc) is 2.93. The molecule has 184 valence electrons. The summed E-state index contributed by atoms with van der Waals surface area (Å²) >= 11 is 0. The highest BCUT2D eigenvalue weighted by Gasteiger charge is 2.10. The number of hydrogen-bond donors (Lipinski definition) is 1. The SMILES string of the molecule is Cc1cc(/C=C(\C#N)C(=O)NCc2ccc(Oc3ccccc3)cc2)ccc1OCCc1ccccc1. The van der Waals surface area contributed by atoms with Gasteiger partial charge in [0.25, 0.3) is 5.91 Å². The second kappa shape index (κ2) is 12.8. The van der Waals surface area contributed by atoms with Gasteiger partial charge in [0.2, 0.25) is 0 Å². The van der Waals surface area contributed by atoms with Crippen LogP contribution in [0.1, 0.15) is 22.3 Å². The molecule has 0 aliphatic carbocycles. The molecule has 0 aliphatic heterocycles. The van der Waals surface area contributed by atoms with Gasteiger partial charge in [0.15, 0.2) is 0 Å². The van der Waals surface area contributed by atoms with Crippen molar-refractivity contribution in [3.05, 3.63) is 131 Å². The van der Waals surface area contributed by atoms with Gasteiger partial charge in [-0.2, -0.15) is 5.26 Å². The van der Waals surface area contributed by atoms with Gasteiger partial charge in [0.05, 0.1) is 6.61 Å². The minimum Gasteiger partial charge on any atom is -0.493 e. The second-order valence-electron chi connectivity index (χ2n) is 8.52. The molecule has 4 aromatic rings. The third-order valence-corrected chi connectivity index (χ3v) is 5.72. The van der Waals surface area contributed by atoms with Crippen LogP contribution in [0.3, 0.4) is 0 Å². The molecule has 37 heavy (non-hydrogen) atoms. The first-order valence-electron chi connectivity index (χ1n) is 12.1. The number of nitrogens with zero attached hydrogens (tertiary/aromatic N) is 1. The molecule has 0 unspecified atom stereocenters. The lowest BCUT2D eigenvalue weighted by molar-refractivity contribution is -0.117. The van der Waals surface area contributed by atoms with E-state index in [0.29, 0.717) is 18.9 Å². The maximum atomic E-state index is 12.6. The van der Waals surface area contributed by atoms with E-state index in [1.807, 2.05) is 104 Å². The molecule has 4 aromatic carbocycles. The van der Waals surface area contributed by atoms with Crippen LogP contribution in [0.5, 0.6) is 17.2 Å². The van der Waals surface area contributed by atoms with Gasteiger partial charge in [-0.25, -0.2) is 0 Å². The Morgan fingerprint density at radius 2 is 1.54 bits per heavy atom. The van der Waals surface area contributed by atoms with Crippen LogP contribution in [-0.4, -0.2) is 12.5 Å². The zero-order valence-electron chi connectivity index (χ0n) is 20.7. The number of ether oxygens (including phenoxy) is 2. The molecule has 5 heteroatoms. The standard InChI is InChI=1S/C32H28N2O3/c1-24-20-27(14-17-31(24)36-19-18-25-8-4-2-5-9-25)21-28(22-33)32(35)34-23-26-12-15-30(16-13-26)37-29-10-6-3-7-11-29/h2-17,20-21H,18-19,23H2,1H3,(H,34,35)/b28-21+. The molecule has 0 bridgehead atoms. The summed E-state index contributed by atoms with van der Waals surface area (Å²) in [5, 5.41) is 12.4. The number of amides is 1. The van der Waals surface area contributed by atoms with E-state index in [9.17, 15) is 10.1 Å². The Morgan fingerprint density at radius 3 is 2.22 bits per heavy atom. The molecule has 0 atom stereocenters. The van der Waals surface area contributed by atoms with Crippen molar-refractivity contribution < 1.29 is 14.3 Å². The van der Waals surface area contributed by atoms with Crippen molar-refractivity contribution in [2.75, 3.05) is 6.61 Å². The van der Waals surface area contributed by atoms with Gasteiger partial charge in [-0.1, -0.05) is 66.7 Å². The molecule has 0 saturated heterocycles. The van der Waals surface area contributed by atoms with E-state index in [1.165, 1.54) is 5.56 Å². The van der Waals surface area contributed by atoms with E-state index >= 15 is 0 Å². The fourth-order valence-corrected chi connectivity index (χ4v) is 3.74. The van der Waals surface area contributed by atoms with Crippen LogP contribution in [0, 0.1) is 18.3 Å². The van der Waals surface area contributed by atoms with Crippen LogP contribution in [0.4, 0.5) is 0 Å². The highest BCUT2D eigenvalue weighted by Crippen LogP contribution is 2.22. The number of carbonyl (C=O) groups excluding carboxylic acids is 1. The number of aryl methyl sites for hydroxylation is 1. The molecule has 0 fully saturated rings. The average molecular weight is 489 g/mol. The molecule has 0 heterocycles. The fraction of sp³-hybridized carbons (Fsp3) is 0.125. The van der Waals surface area contributed by atoms with Gasteiger partial charge >= 0.3 is 0 Å². The summed E-state index contributed by atoms with van der Waals surface area (Å²) in [5.41, 5.74) is 3.88. The summed E-state index contributed by atoms with van der Waals surface area (Å²) in [6.45, 7) is 2.83. The molecule has 0 spiro atoms. The van der Waals surface area contributed by atoms with Crippen LogP contribution >= 0.6 is 0 Å². The van der Waals surface area contributed by atoms with E-state index in [-0.39, 0.29) is 5.57 Å². The number of carbonyl (C=O) groups is 1. The van der Waals surface area contributed by atoms with Crippen LogP contribution in [-0.2, 0) is 17.8 Å². The van der Waals surface area contributed by atoms with E-state index in [0.717, 1.165) is 34.6 Å². The summed E-state index contributed by atoms with van der Waals surface area (Å²) in [4.78, 5) is 12.6. The van der Waals surface area contributed by atoms with Crippen molar-refractivity contribution >= 4 is 12.0 Å². The molecule has 1 N–H and O–H groups in total. The molecule has 0 saturated carbocycles. The number of hydrogen-bond acceptors (Lipinski definition) is 4. The first-order valence-corrected chi connectivity index (χ1v) is 12.1. The Kier molecular flexibility index (Phi) is 8.72. The molecular formula is C32H28N2O3. The summed E-state index contributed by atoms with van der Waals surface area (Å²) in [6.07, 6.45) is 2.41. The number of para-hydroxylation sites is 1. The largest absolute Gasteiger partial charge is 0.493 e. The highest BCUT2D eigenvalue weighted by atomic mass is 16.5. The first kappa shape index (κ1) is 25.3. The van der Waals surface area contributed by atoms with Gasteiger partial charge < -0.3 is 14.8 Å². The fourth-order valence-electron chi connectivity index (χ4n) is 3.74. The van der Waals surface area contributed by atoms with Gasteiger partial charge in [-0.3, -0.25) is 4.79 Å². The smallest absolute Gasteiger partial charge is 0.262 e. The third-order valence-electron chi connectivity index (χ3n) is 5.72. The summed E-state index contributed by atoms with van der Waals surface area (Å²) in [7, 11) is 0. The van der Waals surface area contributed by atoms with Crippen molar-refractivity contribution in [2.45, 2.75) is 19.9 Å². The van der Waals surface area contributed by atoms with Crippen molar-refractivity contribution in [1.82, 2.24) is 5.32 Å². The Morgan fingerprint density at radius 1 is 0.865 bits per heavy atom. The maximum Gasteiger partial charge on any atom is 0.262 e. The zero-order chi connectivity index (χ0) is 25.9. The molecule has 5 nitrogen and oxygen atoms in total. The first-order chi connectivity index (χ1) is 18.1. The van der Waals surface area contributed by atoms with Crippen LogP contribution in [0.15, 0.2) is 109 Å². The van der Waals surface area contributed by atoms with Crippen molar-refractivity contribution in [1.29, 1.82) is 5.26 Å². The monoisotopic (exact) mass is 488 g/mol. The van der Waals surface area contributed by atoms with Crippen molar-refractivity contribution in [2.24, 2.45) is 0 Å². The Labute approximate surface area is 217 Å². The molecule has 0 radical (unpaired) electrons. The Hall–Kier alpha value is -4.82. The summed E-state index contributed by atoms with van der Waals surface area (Å²) in [5.74, 6) is 1.83. The minimum atomic E-state index is -0.423. The molecule has 0 aliphatic rings. The maximum absolute atomic E-state index is 12.6. The van der Waals surface area contributed by atoms with Crippen LogP contribution in [0.2, 0.25) is 0 Å². The number of nitriles is 1. The van der Waals surface area contributed by atoms with Crippen molar-refractivity contribution in [3.63, 3.8) is 0 Å².